The first-order valence-electron chi connectivity index (χ1n) is 7.89. The van der Waals surface area contributed by atoms with Gasteiger partial charge < -0.3 is 14.6 Å². The molecule has 0 radical (unpaired) electrons. The van der Waals surface area contributed by atoms with E-state index < -0.39 is 0 Å². The summed E-state index contributed by atoms with van der Waals surface area (Å²) in [6, 6.07) is 13.1. The van der Waals surface area contributed by atoms with Crippen molar-refractivity contribution in [1.29, 1.82) is 0 Å². The van der Waals surface area contributed by atoms with Crippen LogP contribution in [0.1, 0.15) is 18.2 Å². The van der Waals surface area contributed by atoms with Crippen LogP contribution >= 0.6 is 15.9 Å². The van der Waals surface area contributed by atoms with E-state index in [0.29, 0.717) is 23.6 Å². The molecule has 1 aromatic heterocycles. The second-order valence-electron chi connectivity index (χ2n) is 5.39. The van der Waals surface area contributed by atoms with E-state index in [4.69, 9.17) is 9.47 Å². The molecule has 0 saturated carbocycles. The molecule has 0 bridgehead atoms. The number of para-hydroxylation sites is 1. The van der Waals surface area contributed by atoms with Crippen LogP contribution in [0.25, 0.3) is 23.1 Å². The normalized spacial score (nSPS) is 11.2. The summed E-state index contributed by atoms with van der Waals surface area (Å²) in [5.41, 5.74) is 2.31. The van der Waals surface area contributed by atoms with Gasteiger partial charge in [-0.3, -0.25) is 0 Å². The fourth-order valence-corrected chi connectivity index (χ4v) is 3.19. The van der Waals surface area contributed by atoms with Crippen LogP contribution in [0.5, 0.6) is 17.2 Å². The first-order valence-corrected chi connectivity index (χ1v) is 8.69. The summed E-state index contributed by atoms with van der Waals surface area (Å²) in [6.45, 7) is 2.49. The van der Waals surface area contributed by atoms with Gasteiger partial charge in [0.25, 0.3) is 0 Å². The van der Waals surface area contributed by atoms with Gasteiger partial charge in [0.2, 0.25) is 0 Å². The van der Waals surface area contributed by atoms with Gasteiger partial charge in [-0.05, 0) is 58.8 Å². The minimum absolute atomic E-state index is 0.179. The van der Waals surface area contributed by atoms with E-state index in [2.05, 4.69) is 20.9 Å². The lowest BCUT2D eigenvalue weighted by Gasteiger charge is -2.12. The zero-order valence-corrected chi connectivity index (χ0v) is 15.6. The average Bonchev–Trinajstić information content (AvgIpc) is 2.61. The summed E-state index contributed by atoms with van der Waals surface area (Å²) in [5.74, 6) is 1.54. The van der Waals surface area contributed by atoms with Crippen LogP contribution in [0.3, 0.4) is 0 Å². The van der Waals surface area contributed by atoms with E-state index in [9.17, 15) is 5.11 Å². The highest BCUT2D eigenvalue weighted by atomic mass is 79.9. The molecule has 0 aliphatic carbocycles. The van der Waals surface area contributed by atoms with E-state index in [1.54, 1.807) is 19.2 Å². The predicted molar refractivity (Wildman–Crippen MR) is 104 cm³/mol. The van der Waals surface area contributed by atoms with E-state index in [1.165, 1.54) is 0 Å². The maximum atomic E-state index is 9.95. The quantitative estimate of drug-likeness (QED) is 0.633. The molecule has 3 rings (SSSR count). The molecule has 4 nitrogen and oxygen atoms in total. The highest BCUT2D eigenvalue weighted by Gasteiger charge is 2.10. The van der Waals surface area contributed by atoms with Crippen LogP contribution in [0.15, 0.2) is 46.9 Å². The Morgan fingerprint density at radius 3 is 2.76 bits per heavy atom. The summed E-state index contributed by atoms with van der Waals surface area (Å²) in [5, 5.41) is 10.9. The van der Waals surface area contributed by atoms with Gasteiger partial charge in [0, 0.05) is 5.39 Å². The largest absolute Gasteiger partial charge is 0.506 e. The van der Waals surface area contributed by atoms with Crippen molar-refractivity contribution in [3.63, 3.8) is 0 Å². The van der Waals surface area contributed by atoms with Crippen molar-refractivity contribution in [2.45, 2.75) is 6.92 Å². The Bertz CT molecular complexity index is 938. The molecule has 0 amide bonds. The summed E-state index contributed by atoms with van der Waals surface area (Å²) < 4.78 is 11.8. The van der Waals surface area contributed by atoms with Gasteiger partial charge in [0.15, 0.2) is 11.5 Å². The summed E-state index contributed by atoms with van der Waals surface area (Å²) in [7, 11) is 1.61. The number of nitrogens with zero attached hydrogens (tertiary/aromatic N) is 1. The van der Waals surface area contributed by atoms with E-state index in [0.717, 1.165) is 21.1 Å². The molecule has 128 valence electrons. The van der Waals surface area contributed by atoms with Gasteiger partial charge in [-0.1, -0.05) is 24.3 Å². The Kier molecular flexibility index (Phi) is 5.24. The van der Waals surface area contributed by atoms with Crippen LogP contribution in [0.4, 0.5) is 0 Å². The lowest BCUT2D eigenvalue weighted by Crippen LogP contribution is -1.96. The number of ether oxygens (including phenoxy) is 2. The standard InChI is InChI=1S/C20H18BrNO3/c1-3-25-18-12-13(11-16(21)20(18)24-2)7-9-15-10-8-14-5-4-6-17(23)19(14)22-15/h4-12,23H,3H2,1-2H3/b9-7+. The minimum atomic E-state index is 0.179. The average molecular weight is 400 g/mol. The zero-order chi connectivity index (χ0) is 17.8. The minimum Gasteiger partial charge on any atom is -0.506 e. The molecule has 0 atom stereocenters. The van der Waals surface area contributed by atoms with Gasteiger partial charge in [-0.25, -0.2) is 4.98 Å². The second kappa shape index (κ2) is 7.57. The molecule has 0 aliphatic heterocycles. The maximum absolute atomic E-state index is 9.95. The van der Waals surface area contributed by atoms with Crippen molar-refractivity contribution in [1.82, 2.24) is 4.98 Å². The van der Waals surface area contributed by atoms with Gasteiger partial charge in [0.1, 0.15) is 11.3 Å². The highest BCUT2D eigenvalue weighted by Crippen LogP contribution is 2.37. The molecule has 2 aromatic carbocycles. The van der Waals surface area contributed by atoms with Gasteiger partial charge in [0.05, 0.1) is 23.9 Å². The van der Waals surface area contributed by atoms with Crippen LogP contribution in [0, 0.1) is 0 Å². The topological polar surface area (TPSA) is 51.6 Å². The van der Waals surface area contributed by atoms with Gasteiger partial charge >= 0.3 is 0 Å². The molecule has 1 N–H and O–H groups in total. The zero-order valence-electron chi connectivity index (χ0n) is 14.0. The number of hydrogen-bond acceptors (Lipinski definition) is 4. The number of phenols is 1. The first-order chi connectivity index (χ1) is 12.1. The van der Waals surface area contributed by atoms with E-state index >= 15 is 0 Å². The number of pyridine rings is 1. The lowest BCUT2D eigenvalue weighted by atomic mass is 10.1. The maximum Gasteiger partial charge on any atom is 0.174 e. The second-order valence-corrected chi connectivity index (χ2v) is 6.24. The van der Waals surface area contributed by atoms with Crippen molar-refractivity contribution in [2.75, 3.05) is 13.7 Å². The number of aromatic nitrogens is 1. The van der Waals surface area contributed by atoms with E-state index in [1.807, 2.05) is 49.4 Å². The third-order valence-electron chi connectivity index (χ3n) is 3.70. The molecule has 0 spiro atoms. The molecular formula is C20H18BrNO3. The Balaban J connectivity index is 1.95. The van der Waals surface area contributed by atoms with Crippen LogP contribution < -0.4 is 9.47 Å². The van der Waals surface area contributed by atoms with Crippen molar-refractivity contribution < 1.29 is 14.6 Å². The fraction of sp³-hybridized carbons (Fsp3) is 0.150. The Hall–Kier alpha value is -2.53. The Labute approximate surface area is 154 Å². The van der Waals surface area contributed by atoms with Crippen LogP contribution in [-0.2, 0) is 0 Å². The highest BCUT2D eigenvalue weighted by molar-refractivity contribution is 9.10. The summed E-state index contributed by atoms with van der Waals surface area (Å²) >= 11 is 3.51. The lowest BCUT2D eigenvalue weighted by molar-refractivity contribution is 0.310. The van der Waals surface area contributed by atoms with Crippen LogP contribution in [-0.4, -0.2) is 23.8 Å². The Morgan fingerprint density at radius 2 is 2.00 bits per heavy atom. The SMILES string of the molecule is CCOc1cc(/C=C/c2ccc3cccc(O)c3n2)cc(Br)c1OC. The summed E-state index contributed by atoms with van der Waals surface area (Å²) in [6.07, 6.45) is 3.84. The fourth-order valence-electron chi connectivity index (χ4n) is 2.57. The Morgan fingerprint density at radius 1 is 1.16 bits per heavy atom. The number of rotatable bonds is 5. The first kappa shape index (κ1) is 17.3. The number of halogens is 1. The van der Waals surface area contributed by atoms with Gasteiger partial charge in [-0.15, -0.1) is 0 Å². The molecule has 3 aromatic rings. The number of methoxy groups -OCH3 is 1. The summed E-state index contributed by atoms with van der Waals surface area (Å²) in [4.78, 5) is 4.50. The molecule has 5 heteroatoms. The number of benzene rings is 2. The molecule has 0 unspecified atom stereocenters. The monoisotopic (exact) mass is 399 g/mol. The van der Waals surface area contributed by atoms with Crippen molar-refractivity contribution >= 4 is 39.0 Å². The van der Waals surface area contributed by atoms with Crippen molar-refractivity contribution in [3.8, 4) is 17.2 Å². The number of hydrogen-bond donors (Lipinski definition) is 1. The number of aromatic hydroxyl groups is 1. The third kappa shape index (κ3) is 3.77. The number of phenolic OH excluding ortho intramolecular Hbond substituents is 1. The molecule has 0 saturated heterocycles. The number of fused-ring (bicyclic) bond motifs is 1. The van der Waals surface area contributed by atoms with Crippen molar-refractivity contribution in [2.24, 2.45) is 0 Å². The van der Waals surface area contributed by atoms with Gasteiger partial charge in [-0.2, -0.15) is 0 Å². The smallest absolute Gasteiger partial charge is 0.174 e. The molecule has 0 fully saturated rings. The van der Waals surface area contributed by atoms with E-state index in [-0.39, 0.29) is 5.75 Å². The molecule has 1 heterocycles. The molecule has 0 aliphatic rings. The predicted octanol–water partition coefficient (Wildman–Crippen LogP) is 5.28. The van der Waals surface area contributed by atoms with Crippen LogP contribution in [0.2, 0.25) is 0 Å². The molecule has 25 heavy (non-hydrogen) atoms. The molecular weight excluding hydrogens is 382 g/mol. The van der Waals surface area contributed by atoms with Crippen molar-refractivity contribution in [3.05, 3.63) is 58.2 Å². The third-order valence-corrected chi connectivity index (χ3v) is 4.29.